The van der Waals surface area contributed by atoms with Crippen LogP contribution in [0.15, 0.2) is 0 Å². The lowest BCUT2D eigenvalue weighted by Crippen LogP contribution is -2.34. The van der Waals surface area contributed by atoms with E-state index < -0.39 is 6.09 Å². The van der Waals surface area contributed by atoms with Crippen molar-refractivity contribution in [1.29, 1.82) is 0 Å². The van der Waals surface area contributed by atoms with Crippen LogP contribution >= 0.6 is 0 Å². The van der Waals surface area contributed by atoms with Crippen molar-refractivity contribution in [3.63, 3.8) is 0 Å². The summed E-state index contributed by atoms with van der Waals surface area (Å²) in [6.45, 7) is 9.12. The number of nitrogens with one attached hydrogen (secondary N) is 1. The minimum atomic E-state index is -0.779. The summed E-state index contributed by atoms with van der Waals surface area (Å²) in [6, 6.07) is 0.380. The molecule has 4 heteroatoms. The van der Waals surface area contributed by atoms with Crippen molar-refractivity contribution in [3.8, 4) is 0 Å². The highest BCUT2D eigenvalue weighted by atomic mass is 16.4. The van der Waals surface area contributed by atoms with Gasteiger partial charge in [-0.2, -0.15) is 0 Å². The number of hydrogen-bond donors (Lipinski definition) is 2. The second-order valence-electron chi connectivity index (χ2n) is 5.84. The highest BCUT2D eigenvalue weighted by molar-refractivity contribution is 5.65. The number of carboxylic acid groups (broad SMARTS) is 1. The molecule has 3 atom stereocenters. The molecular formula is C11H20N2O2. The number of amides is 1. The summed E-state index contributed by atoms with van der Waals surface area (Å²) in [5.74, 6) is 1.09. The van der Waals surface area contributed by atoms with Crippen LogP contribution in [0.2, 0.25) is 0 Å². The van der Waals surface area contributed by atoms with Gasteiger partial charge in [0.1, 0.15) is 0 Å². The van der Waals surface area contributed by atoms with Crippen molar-refractivity contribution in [2.24, 2.45) is 17.3 Å². The maximum absolute atomic E-state index is 10.9. The van der Waals surface area contributed by atoms with Crippen molar-refractivity contribution in [2.75, 3.05) is 19.6 Å². The van der Waals surface area contributed by atoms with E-state index in [1.165, 1.54) is 0 Å². The predicted octanol–water partition coefficient (Wildman–Crippen LogP) is 1.23. The summed E-state index contributed by atoms with van der Waals surface area (Å²) in [6.07, 6.45) is -0.779. The first-order valence-electron chi connectivity index (χ1n) is 5.61. The minimum Gasteiger partial charge on any atom is -0.465 e. The van der Waals surface area contributed by atoms with Gasteiger partial charge in [-0.15, -0.1) is 0 Å². The fourth-order valence-corrected chi connectivity index (χ4v) is 2.99. The first-order chi connectivity index (χ1) is 6.89. The van der Waals surface area contributed by atoms with E-state index in [-0.39, 0.29) is 5.41 Å². The molecule has 2 aliphatic heterocycles. The van der Waals surface area contributed by atoms with Crippen molar-refractivity contribution in [2.45, 2.75) is 26.8 Å². The van der Waals surface area contributed by atoms with Crippen molar-refractivity contribution >= 4 is 6.09 Å². The molecule has 4 nitrogen and oxygen atoms in total. The van der Waals surface area contributed by atoms with E-state index >= 15 is 0 Å². The van der Waals surface area contributed by atoms with Gasteiger partial charge in [0.05, 0.1) is 0 Å². The summed E-state index contributed by atoms with van der Waals surface area (Å²) in [4.78, 5) is 12.4. The second kappa shape index (κ2) is 3.37. The molecule has 15 heavy (non-hydrogen) atoms. The van der Waals surface area contributed by atoms with Crippen LogP contribution in [0.25, 0.3) is 0 Å². The van der Waals surface area contributed by atoms with Crippen molar-refractivity contribution < 1.29 is 9.90 Å². The van der Waals surface area contributed by atoms with Gasteiger partial charge in [-0.05, 0) is 23.8 Å². The first-order valence-corrected chi connectivity index (χ1v) is 5.61. The van der Waals surface area contributed by atoms with E-state index in [1.807, 2.05) is 0 Å². The molecule has 0 aromatic carbocycles. The van der Waals surface area contributed by atoms with Crippen LogP contribution in [0.3, 0.4) is 0 Å². The highest BCUT2D eigenvalue weighted by Gasteiger charge is 2.47. The number of nitrogens with zero attached hydrogens (tertiary/aromatic N) is 1. The Morgan fingerprint density at radius 2 is 2.07 bits per heavy atom. The lowest BCUT2D eigenvalue weighted by molar-refractivity contribution is 0.143. The van der Waals surface area contributed by atoms with E-state index in [2.05, 4.69) is 26.1 Å². The fraction of sp³-hybridized carbons (Fsp3) is 0.909. The van der Waals surface area contributed by atoms with Crippen LogP contribution in [-0.4, -0.2) is 41.8 Å². The quantitative estimate of drug-likeness (QED) is 0.635. The van der Waals surface area contributed by atoms with Crippen LogP contribution in [0.4, 0.5) is 4.79 Å². The van der Waals surface area contributed by atoms with Crippen LogP contribution in [-0.2, 0) is 0 Å². The number of fused-ring (bicyclic) bond motifs is 1. The summed E-state index contributed by atoms with van der Waals surface area (Å²) in [7, 11) is 0. The lowest BCUT2D eigenvalue weighted by atomic mass is 9.74. The van der Waals surface area contributed by atoms with Gasteiger partial charge in [-0.1, -0.05) is 20.8 Å². The maximum Gasteiger partial charge on any atom is 0.407 e. The molecular weight excluding hydrogens is 192 g/mol. The average Bonchev–Trinajstić information content (AvgIpc) is 2.56. The Balaban J connectivity index is 2.08. The standard InChI is InChI=1S/C11H20N2O2/c1-11(2,3)8-4-12-9-6-13(10(14)15)5-7(8)9/h7-9,12H,4-6H2,1-3H3,(H,14,15)/t7-,8?,9-/m1/s1. The van der Waals surface area contributed by atoms with E-state index in [4.69, 9.17) is 5.11 Å². The Labute approximate surface area is 90.6 Å². The van der Waals surface area contributed by atoms with Gasteiger partial charge in [-0.3, -0.25) is 0 Å². The Hall–Kier alpha value is -0.770. The normalized spacial score (nSPS) is 35.7. The molecule has 1 amide bonds. The van der Waals surface area contributed by atoms with Gasteiger partial charge in [0.25, 0.3) is 0 Å². The zero-order chi connectivity index (χ0) is 11.2. The number of likely N-dealkylation sites (tertiary alicyclic amines) is 1. The Morgan fingerprint density at radius 3 is 2.60 bits per heavy atom. The molecule has 0 aromatic heterocycles. The Bertz CT molecular complexity index is 272. The fourth-order valence-electron chi connectivity index (χ4n) is 2.99. The Morgan fingerprint density at radius 1 is 1.40 bits per heavy atom. The molecule has 2 fully saturated rings. The van der Waals surface area contributed by atoms with E-state index in [9.17, 15) is 4.79 Å². The molecule has 0 aromatic rings. The SMILES string of the molecule is CC(C)(C)C1CN[C@@H]2CN(C(=O)O)C[C@H]12. The topological polar surface area (TPSA) is 52.6 Å². The first kappa shape index (κ1) is 10.7. The molecule has 0 saturated carbocycles. The molecule has 2 rings (SSSR count). The molecule has 0 radical (unpaired) electrons. The van der Waals surface area contributed by atoms with Crippen molar-refractivity contribution in [3.05, 3.63) is 0 Å². The summed E-state index contributed by atoms with van der Waals surface area (Å²) in [5, 5.41) is 12.4. The van der Waals surface area contributed by atoms with Gasteiger partial charge in [0.2, 0.25) is 0 Å². The number of hydrogen-bond acceptors (Lipinski definition) is 2. The minimum absolute atomic E-state index is 0.265. The highest BCUT2D eigenvalue weighted by Crippen LogP contribution is 2.40. The van der Waals surface area contributed by atoms with Crippen LogP contribution in [0.1, 0.15) is 20.8 Å². The zero-order valence-corrected chi connectivity index (χ0v) is 9.66. The number of carbonyl (C=O) groups is 1. The van der Waals surface area contributed by atoms with Gasteiger partial charge < -0.3 is 15.3 Å². The molecule has 0 spiro atoms. The molecule has 0 bridgehead atoms. The molecule has 86 valence electrons. The third-order valence-electron chi connectivity index (χ3n) is 3.86. The molecule has 1 unspecified atom stereocenters. The van der Waals surface area contributed by atoms with Gasteiger partial charge in [0, 0.05) is 19.1 Å². The summed E-state index contributed by atoms with van der Waals surface area (Å²) < 4.78 is 0. The smallest absolute Gasteiger partial charge is 0.407 e. The average molecular weight is 212 g/mol. The van der Waals surface area contributed by atoms with Gasteiger partial charge in [-0.25, -0.2) is 4.79 Å². The van der Waals surface area contributed by atoms with Crippen LogP contribution in [0, 0.1) is 17.3 Å². The van der Waals surface area contributed by atoms with E-state index in [1.54, 1.807) is 4.90 Å². The van der Waals surface area contributed by atoms with E-state index in [0.717, 1.165) is 6.54 Å². The molecule has 0 aliphatic carbocycles. The largest absolute Gasteiger partial charge is 0.465 e. The maximum atomic E-state index is 10.9. The zero-order valence-electron chi connectivity index (χ0n) is 9.66. The third-order valence-corrected chi connectivity index (χ3v) is 3.86. The van der Waals surface area contributed by atoms with Crippen LogP contribution in [0.5, 0.6) is 0 Å². The monoisotopic (exact) mass is 212 g/mol. The van der Waals surface area contributed by atoms with Crippen molar-refractivity contribution in [1.82, 2.24) is 10.2 Å². The summed E-state index contributed by atoms with van der Waals surface area (Å²) >= 11 is 0. The second-order valence-corrected chi connectivity index (χ2v) is 5.84. The molecule has 2 saturated heterocycles. The van der Waals surface area contributed by atoms with Gasteiger partial charge in [0.15, 0.2) is 0 Å². The predicted molar refractivity (Wildman–Crippen MR) is 57.8 cm³/mol. The molecule has 2 N–H and O–H groups in total. The summed E-state index contributed by atoms with van der Waals surface area (Å²) in [5.41, 5.74) is 0.265. The van der Waals surface area contributed by atoms with E-state index in [0.29, 0.717) is 31.0 Å². The molecule has 2 aliphatic rings. The van der Waals surface area contributed by atoms with Crippen LogP contribution < -0.4 is 5.32 Å². The molecule has 2 heterocycles. The Kier molecular flexibility index (Phi) is 2.41. The van der Waals surface area contributed by atoms with Gasteiger partial charge >= 0.3 is 6.09 Å². The lowest BCUT2D eigenvalue weighted by Gasteiger charge is -2.31. The number of rotatable bonds is 0. The third kappa shape index (κ3) is 1.83.